The summed E-state index contributed by atoms with van der Waals surface area (Å²) in [6, 6.07) is 9.16. The van der Waals surface area contributed by atoms with Crippen molar-refractivity contribution < 1.29 is 17.1 Å². The number of rotatable bonds is 4. The van der Waals surface area contributed by atoms with E-state index in [0.717, 1.165) is 42.0 Å². The largest absolute Gasteiger partial charge is 1.00 e. The molecule has 21 heavy (non-hydrogen) atoms. The Hall–Kier alpha value is -0.730. The van der Waals surface area contributed by atoms with E-state index in [1.54, 1.807) is 7.11 Å². The molecule has 0 aliphatic heterocycles. The molecule has 1 aromatic rings. The second-order valence-electron chi connectivity index (χ2n) is 7.15. The number of methoxy groups -OCH3 is 1. The molecular formula is C18H25ClNO-. The van der Waals surface area contributed by atoms with Crippen LogP contribution in [0.25, 0.3) is 0 Å². The van der Waals surface area contributed by atoms with E-state index in [0.29, 0.717) is 0 Å². The van der Waals surface area contributed by atoms with E-state index in [-0.39, 0.29) is 12.4 Å². The fourth-order valence-corrected chi connectivity index (χ4v) is 5.34. The monoisotopic (exact) mass is 306 g/mol. The lowest BCUT2D eigenvalue weighted by molar-refractivity contribution is -0.0143. The number of para-hydroxylation sites is 1. The van der Waals surface area contributed by atoms with E-state index in [1.165, 1.54) is 37.7 Å². The van der Waals surface area contributed by atoms with Gasteiger partial charge in [-0.3, -0.25) is 0 Å². The zero-order valence-corrected chi connectivity index (χ0v) is 13.5. The third kappa shape index (κ3) is 2.80. The number of hydrogen-bond acceptors (Lipinski definition) is 2. The molecule has 0 radical (unpaired) electrons. The highest BCUT2D eigenvalue weighted by molar-refractivity contribution is 5.33. The summed E-state index contributed by atoms with van der Waals surface area (Å²) in [5.41, 5.74) is 1.30. The molecule has 4 bridgehead atoms. The summed E-state index contributed by atoms with van der Waals surface area (Å²) in [6.45, 7) is 0.955. The molecule has 0 unspecified atom stereocenters. The molecule has 0 amide bonds. The highest BCUT2D eigenvalue weighted by atomic mass is 35.5. The molecule has 4 aliphatic rings. The van der Waals surface area contributed by atoms with Crippen molar-refractivity contribution in [3.8, 4) is 5.75 Å². The zero-order chi connectivity index (χ0) is 13.5. The van der Waals surface area contributed by atoms with Crippen molar-refractivity contribution in [2.75, 3.05) is 7.11 Å². The first-order chi connectivity index (χ1) is 9.83. The average molecular weight is 307 g/mol. The van der Waals surface area contributed by atoms with Crippen LogP contribution in [-0.4, -0.2) is 13.2 Å². The van der Waals surface area contributed by atoms with Crippen LogP contribution >= 0.6 is 0 Å². The smallest absolute Gasteiger partial charge is 0.123 e. The van der Waals surface area contributed by atoms with Crippen molar-refractivity contribution in [1.82, 2.24) is 5.32 Å². The number of benzene rings is 1. The van der Waals surface area contributed by atoms with Crippen LogP contribution in [0.4, 0.5) is 0 Å². The highest BCUT2D eigenvalue weighted by Crippen LogP contribution is 2.53. The van der Waals surface area contributed by atoms with E-state index in [4.69, 9.17) is 4.74 Å². The van der Waals surface area contributed by atoms with Gasteiger partial charge >= 0.3 is 0 Å². The van der Waals surface area contributed by atoms with Crippen molar-refractivity contribution >= 4 is 0 Å². The van der Waals surface area contributed by atoms with Gasteiger partial charge in [-0.1, -0.05) is 18.2 Å². The third-order valence-electron chi connectivity index (χ3n) is 5.95. The second-order valence-corrected chi connectivity index (χ2v) is 7.15. The van der Waals surface area contributed by atoms with E-state index in [1.807, 2.05) is 6.07 Å². The Balaban J connectivity index is 0.00000132. The molecule has 116 valence electrons. The lowest BCUT2D eigenvalue weighted by Crippen LogP contribution is -3.00. The summed E-state index contributed by atoms with van der Waals surface area (Å²) < 4.78 is 5.46. The van der Waals surface area contributed by atoms with Crippen LogP contribution in [0.1, 0.15) is 37.7 Å². The molecular weight excluding hydrogens is 282 g/mol. The van der Waals surface area contributed by atoms with E-state index in [2.05, 4.69) is 23.5 Å². The summed E-state index contributed by atoms with van der Waals surface area (Å²) in [5, 5.41) is 3.88. The molecule has 0 atom stereocenters. The van der Waals surface area contributed by atoms with Gasteiger partial charge in [-0.25, -0.2) is 0 Å². The first-order valence-corrected chi connectivity index (χ1v) is 8.18. The first kappa shape index (κ1) is 15.2. The number of halogens is 1. The van der Waals surface area contributed by atoms with Crippen molar-refractivity contribution in [1.29, 1.82) is 0 Å². The van der Waals surface area contributed by atoms with Crippen LogP contribution in [-0.2, 0) is 6.54 Å². The van der Waals surface area contributed by atoms with Crippen molar-refractivity contribution in [2.45, 2.75) is 44.7 Å². The normalized spacial score (nSPS) is 36.3. The maximum Gasteiger partial charge on any atom is 0.123 e. The number of hydrogen-bond donors (Lipinski definition) is 1. The fourth-order valence-electron chi connectivity index (χ4n) is 5.34. The molecule has 1 aromatic carbocycles. The predicted molar refractivity (Wildman–Crippen MR) is 80.7 cm³/mol. The molecule has 4 saturated carbocycles. The van der Waals surface area contributed by atoms with Gasteiger partial charge in [-0.2, -0.15) is 0 Å². The Morgan fingerprint density at radius 3 is 2.24 bits per heavy atom. The maximum absolute atomic E-state index is 5.46. The van der Waals surface area contributed by atoms with Gasteiger partial charge in [0.25, 0.3) is 0 Å². The van der Waals surface area contributed by atoms with Crippen LogP contribution in [0.2, 0.25) is 0 Å². The van der Waals surface area contributed by atoms with Crippen molar-refractivity contribution in [2.24, 2.45) is 23.7 Å². The van der Waals surface area contributed by atoms with Crippen molar-refractivity contribution in [3.63, 3.8) is 0 Å². The average Bonchev–Trinajstić information content (AvgIpc) is 2.46. The first-order valence-electron chi connectivity index (χ1n) is 8.18. The Labute approximate surface area is 134 Å². The highest BCUT2D eigenvalue weighted by Gasteiger charge is 2.47. The Morgan fingerprint density at radius 2 is 1.62 bits per heavy atom. The lowest BCUT2D eigenvalue weighted by Gasteiger charge is -2.54. The molecule has 3 heteroatoms. The van der Waals surface area contributed by atoms with Crippen LogP contribution in [0.3, 0.4) is 0 Å². The van der Waals surface area contributed by atoms with Gasteiger partial charge < -0.3 is 22.5 Å². The third-order valence-corrected chi connectivity index (χ3v) is 5.95. The molecule has 0 spiro atoms. The summed E-state index contributed by atoms with van der Waals surface area (Å²) in [7, 11) is 1.77. The molecule has 0 aromatic heterocycles. The van der Waals surface area contributed by atoms with Crippen LogP contribution < -0.4 is 22.5 Å². The van der Waals surface area contributed by atoms with Gasteiger partial charge in [0.2, 0.25) is 0 Å². The standard InChI is InChI=1S/C18H25NO.ClH/c1-20-17-5-3-2-4-14(17)11-19-18-15-7-12-6-13(9-15)10-16(18)8-12;/h2-5,12-13,15-16,18-19H,6-11H2,1H3;1H/p-1. The number of nitrogens with one attached hydrogen (secondary N) is 1. The van der Waals surface area contributed by atoms with E-state index in [9.17, 15) is 0 Å². The second kappa shape index (κ2) is 6.18. The minimum absolute atomic E-state index is 0. The summed E-state index contributed by atoms with van der Waals surface area (Å²) >= 11 is 0. The van der Waals surface area contributed by atoms with Crippen LogP contribution in [0.5, 0.6) is 5.75 Å². The Kier molecular flexibility index (Phi) is 4.46. The molecule has 5 rings (SSSR count). The molecule has 4 aliphatic carbocycles. The summed E-state index contributed by atoms with van der Waals surface area (Å²) in [6.07, 6.45) is 7.46. The molecule has 1 N–H and O–H groups in total. The van der Waals surface area contributed by atoms with E-state index >= 15 is 0 Å². The van der Waals surface area contributed by atoms with Gasteiger partial charge in [-0.05, 0) is 61.8 Å². The number of ether oxygens (including phenoxy) is 1. The van der Waals surface area contributed by atoms with E-state index < -0.39 is 0 Å². The quantitative estimate of drug-likeness (QED) is 0.880. The lowest BCUT2D eigenvalue weighted by atomic mass is 9.54. The van der Waals surface area contributed by atoms with Crippen LogP contribution in [0, 0.1) is 23.7 Å². The topological polar surface area (TPSA) is 21.3 Å². The Bertz CT molecular complexity index is 462. The predicted octanol–water partition coefficient (Wildman–Crippen LogP) is 0.614. The maximum atomic E-state index is 5.46. The van der Waals surface area contributed by atoms with Crippen LogP contribution in [0.15, 0.2) is 24.3 Å². The van der Waals surface area contributed by atoms with Gasteiger partial charge in [0, 0.05) is 18.2 Å². The minimum atomic E-state index is 0. The van der Waals surface area contributed by atoms with Crippen molar-refractivity contribution in [3.05, 3.63) is 29.8 Å². The fraction of sp³-hybridized carbons (Fsp3) is 0.667. The summed E-state index contributed by atoms with van der Waals surface area (Å²) in [4.78, 5) is 0. The molecule has 2 nitrogen and oxygen atoms in total. The molecule has 0 saturated heterocycles. The minimum Gasteiger partial charge on any atom is -1.00 e. The molecule has 4 fully saturated rings. The van der Waals surface area contributed by atoms with Gasteiger partial charge in [-0.15, -0.1) is 0 Å². The van der Waals surface area contributed by atoms with Gasteiger partial charge in [0.1, 0.15) is 5.75 Å². The molecule has 0 heterocycles. The summed E-state index contributed by atoms with van der Waals surface area (Å²) in [5.74, 6) is 5.02. The Morgan fingerprint density at radius 1 is 1.00 bits per heavy atom. The van der Waals surface area contributed by atoms with Gasteiger partial charge in [0.15, 0.2) is 0 Å². The zero-order valence-electron chi connectivity index (χ0n) is 12.7. The SMILES string of the molecule is COc1ccccc1CNC1C2CC3CC(C2)CC1C3.[Cl-]. The van der Waals surface area contributed by atoms with Gasteiger partial charge in [0.05, 0.1) is 7.11 Å².